The van der Waals surface area contributed by atoms with Crippen LogP contribution in [0.2, 0.25) is 0 Å². The van der Waals surface area contributed by atoms with Gasteiger partial charge in [-0.15, -0.1) is 0 Å². The average Bonchev–Trinajstić information content (AvgIpc) is 2.61. The SMILES string of the molecule is COc1ccc(NC(=O)C(=O)Nc2cccc([N+](=O)[O-])c2)cc1OC. The molecule has 25 heavy (non-hydrogen) atoms. The molecular weight excluding hydrogens is 330 g/mol. The number of carbonyl (C=O) groups excluding carboxylic acids is 2. The van der Waals surface area contributed by atoms with Gasteiger partial charge in [-0.3, -0.25) is 19.7 Å². The molecule has 0 spiro atoms. The fourth-order valence-electron chi connectivity index (χ4n) is 1.99. The van der Waals surface area contributed by atoms with Gasteiger partial charge in [0.1, 0.15) is 0 Å². The topological polar surface area (TPSA) is 120 Å². The van der Waals surface area contributed by atoms with E-state index in [1.54, 1.807) is 12.1 Å². The lowest BCUT2D eigenvalue weighted by molar-refractivity contribution is -0.384. The molecule has 2 N–H and O–H groups in total. The van der Waals surface area contributed by atoms with E-state index in [1.807, 2.05) is 0 Å². The molecule has 130 valence electrons. The van der Waals surface area contributed by atoms with Gasteiger partial charge >= 0.3 is 11.8 Å². The van der Waals surface area contributed by atoms with E-state index in [2.05, 4.69) is 10.6 Å². The molecule has 2 amide bonds. The van der Waals surface area contributed by atoms with Crippen LogP contribution in [-0.4, -0.2) is 31.0 Å². The number of non-ortho nitro benzene ring substituents is 1. The van der Waals surface area contributed by atoms with E-state index in [1.165, 1.54) is 38.5 Å². The van der Waals surface area contributed by atoms with E-state index in [0.717, 1.165) is 6.07 Å². The molecule has 0 aliphatic heterocycles. The molecular formula is C16H15N3O6. The summed E-state index contributed by atoms with van der Waals surface area (Å²) in [5.74, 6) is -1.03. The maximum Gasteiger partial charge on any atom is 0.314 e. The molecule has 0 atom stereocenters. The van der Waals surface area contributed by atoms with Gasteiger partial charge in [0.2, 0.25) is 0 Å². The van der Waals surface area contributed by atoms with Crippen molar-refractivity contribution < 1.29 is 24.0 Å². The van der Waals surface area contributed by atoms with E-state index < -0.39 is 16.7 Å². The van der Waals surface area contributed by atoms with E-state index in [4.69, 9.17) is 9.47 Å². The highest BCUT2D eigenvalue weighted by molar-refractivity contribution is 6.43. The zero-order chi connectivity index (χ0) is 18.4. The number of carbonyl (C=O) groups is 2. The van der Waals surface area contributed by atoms with E-state index in [0.29, 0.717) is 17.2 Å². The van der Waals surface area contributed by atoms with Gasteiger partial charge in [0.05, 0.1) is 19.1 Å². The number of nitrogens with one attached hydrogen (secondary N) is 2. The maximum absolute atomic E-state index is 12.0. The van der Waals surface area contributed by atoms with Crippen molar-refractivity contribution in [2.75, 3.05) is 24.9 Å². The zero-order valence-corrected chi connectivity index (χ0v) is 13.4. The van der Waals surface area contributed by atoms with E-state index in [9.17, 15) is 19.7 Å². The van der Waals surface area contributed by atoms with E-state index in [-0.39, 0.29) is 11.4 Å². The fourth-order valence-corrected chi connectivity index (χ4v) is 1.99. The number of methoxy groups -OCH3 is 2. The van der Waals surface area contributed by atoms with Crippen LogP contribution in [0.3, 0.4) is 0 Å². The normalized spacial score (nSPS) is 9.84. The largest absolute Gasteiger partial charge is 0.493 e. The van der Waals surface area contributed by atoms with Gasteiger partial charge in [0.25, 0.3) is 5.69 Å². The van der Waals surface area contributed by atoms with Crippen molar-refractivity contribution in [2.24, 2.45) is 0 Å². The standard InChI is InChI=1S/C16H15N3O6/c1-24-13-7-6-11(9-14(13)25-2)18-16(21)15(20)17-10-4-3-5-12(8-10)19(22)23/h3-9H,1-2H3,(H,17,20)(H,18,21). The van der Waals surface area contributed by atoms with Crippen LogP contribution in [0.15, 0.2) is 42.5 Å². The Morgan fingerprint density at radius 1 is 0.920 bits per heavy atom. The minimum Gasteiger partial charge on any atom is -0.493 e. The Morgan fingerprint density at radius 3 is 2.08 bits per heavy atom. The summed E-state index contributed by atoms with van der Waals surface area (Å²) in [4.78, 5) is 34.0. The van der Waals surface area contributed by atoms with Gasteiger partial charge in [-0.25, -0.2) is 0 Å². The van der Waals surface area contributed by atoms with E-state index >= 15 is 0 Å². The summed E-state index contributed by atoms with van der Waals surface area (Å²) in [5, 5.41) is 15.4. The first-order chi connectivity index (χ1) is 11.9. The number of nitrogens with zero attached hydrogens (tertiary/aromatic N) is 1. The van der Waals surface area contributed by atoms with Crippen molar-refractivity contribution in [3.8, 4) is 11.5 Å². The smallest absolute Gasteiger partial charge is 0.314 e. The van der Waals surface area contributed by atoms with Crippen LogP contribution in [0, 0.1) is 10.1 Å². The first kappa shape index (κ1) is 17.7. The van der Waals surface area contributed by atoms with Crippen LogP contribution in [0.4, 0.5) is 17.1 Å². The molecule has 0 radical (unpaired) electrons. The number of nitro groups is 1. The number of anilines is 2. The van der Waals surface area contributed by atoms with Gasteiger partial charge in [0, 0.05) is 29.6 Å². The molecule has 0 unspecified atom stereocenters. The van der Waals surface area contributed by atoms with Crippen LogP contribution < -0.4 is 20.1 Å². The van der Waals surface area contributed by atoms with Crippen molar-refractivity contribution in [2.45, 2.75) is 0 Å². The lowest BCUT2D eigenvalue weighted by Crippen LogP contribution is -2.29. The quantitative estimate of drug-likeness (QED) is 0.487. The first-order valence-electron chi connectivity index (χ1n) is 7.03. The molecule has 0 saturated carbocycles. The Hall–Kier alpha value is -3.62. The minimum absolute atomic E-state index is 0.140. The molecule has 9 nitrogen and oxygen atoms in total. The Balaban J connectivity index is 2.07. The predicted octanol–water partition coefficient (Wildman–Crippen LogP) is 2.19. The van der Waals surface area contributed by atoms with Crippen molar-refractivity contribution in [3.05, 3.63) is 52.6 Å². The van der Waals surface area contributed by atoms with Gasteiger partial charge in [-0.05, 0) is 18.2 Å². The lowest BCUT2D eigenvalue weighted by atomic mass is 10.2. The summed E-state index contributed by atoms with van der Waals surface area (Å²) in [6.07, 6.45) is 0. The van der Waals surface area contributed by atoms with Crippen LogP contribution in [-0.2, 0) is 9.59 Å². The molecule has 0 heterocycles. The molecule has 2 aromatic carbocycles. The summed E-state index contributed by atoms with van der Waals surface area (Å²) in [6.45, 7) is 0. The lowest BCUT2D eigenvalue weighted by Gasteiger charge is -2.10. The third-order valence-electron chi connectivity index (χ3n) is 3.16. The number of hydrogen-bond acceptors (Lipinski definition) is 6. The van der Waals surface area contributed by atoms with Crippen molar-refractivity contribution in [3.63, 3.8) is 0 Å². The summed E-state index contributed by atoms with van der Waals surface area (Å²) in [6, 6.07) is 9.89. The molecule has 9 heteroatoms. The zero-order valence-electron chi connectivity index (χ0n) is 13.4. The summed E-state index contributed by atoms with van der Waals surface area (Å²) in [5.41, 5.74) is 0.275. The van der Waals surface area contributed by atoms with Crippen LogP contribution >= 0.6 is 0 Å². The number of benzene rings is 2. The highest BCUT2D eigenvalue weighted by Gasteiger charge is 2.16. The predicted molar refractivity (Wildman–Crippen MR) is 89.9 cm³/mol. The molecule has 0 aliphatic carbocycles. The third-order valence-corrected chi connectivity index (χ3v) is 3.16. The summed E-state index contributed by atoms with van der Waals surface area (Å²) >= 11 is 0. The average molecular weight is 345 g/mol. The number of hydrogen-bond donors (Lipinski definition) is 2. The number of nitro benzene ring substituents is 1. The molecule has 2 aromatic rings. The Labute approximate surface area is 142 Å². The highest BCUT2D eigenvalue weighted by atomic mass is 16.6. The number of amides is 2. The van der Waals surface area contributed by atoms with Gasteiger partial charge < -0.3 is 20.1 Å². The first-order valence-corrected chi connectivity index (χ1v) is 7.03. The van der Waals surface area contributed by atoms with Gasteiger partial charge in [-0.1, -0.05) is 6.07 Å². The molecule has 0 aliphatic rings. The molecule has 0 aromatic heterocycles. The van der Waals surface area contributed by atoms with Crippen LogP contribution in [0.1, 0.15) is 0 Å². The second kappa shape index (κ2) is 7.77. The number of ether oxygens (including phenoxy) is 2. The minimum atomic E-state index is -0.963. The second-order valence-corrected chi connectivity index (χ2v) is 4.79. The fraction of sp³-hybridized carbons (Fsp3) is 0.125. The van der Waals surface area contributed by atoms with Crippen molar-refractivity contribution in [1.29, 1.82) is 0 Å². The molecule has 2 rings (SSSR count). The van der Waals surface area contributed by atoms with Crippen molar-refractivity contribution >= 4 is 28.9 Å². The van der Waals surface area contributed by atoms with Gasteiger partial charge in [0.15, 0.2) is 11.5 Å². The van der Waals surface area contributed by atoms with Crippen LogP contribution in [0.25, 0.3) is 0 Å². The Bertz CT molecular complexity index is 821. The Kier molecular flexibility index (Phi) is 5.51. The Morgan fingerprint density at radius 2 is 1.52 bits per heavy atom. The highest BCUT2D eigenvalue weighted by Crippen LogP contribution is 2.29. The second-order valence-electron chi connectivity index (χ2n) is 4.79. The maximum atomic E-state index is 12.0. The van der Waals surface area contributed by atoms with Crippen molar-refractivity contribution in [1.82, 2.24) is 0 Å². The van der Waals surface area contributed by atoms with Crippen LogP contribution in [0.5, 0.6) is 11.5 Å². The summed E-state index contributed by atoms with van der Waals surface area (Å²) in [7, 11) is 2.92. The summed E-state index contributed by atoms with van der Waals surface area (Å²) < 4.78 is 10.2. The monoisotopic (exact) mass is 345 g/mol. The number of rotatable bonds is 5. The van der Waals surface area contributed by atoms with Gasteiger partial charge in [-0.2, -0.15) is 0 Å². The molecule has 0 bridgehead atoms. The molecule has 0 fully saturated rings. The molecule has 0 saturated heterocycles. The third kappa shape index (κ3) is 4.44.